The Balaban J connectivity index is 1.83. The number of phenolic OH excluding ortho intramolecular Hbond substituents is 1. The lowest BCUT2D eigenvalue weighted by molar-refractivity contribution is -0.239. The monoisotopic (exact) mass is 554 g/mol. The number of benzene rings is 2. The highest BCUT2D eigenvalue weighted by Crippen LogP contribution is 2.43. The van der Waals surface area contributed by atoms with Crippen molar-refractivity contribution >= 4 is 28.8 Å². The van der Waals surface area contributed by atoms with E-state index < -0.39 is 48.5 Å². The number of hydrogen-bond donors (Lipinski definition) is 4. The van der Waals surface area contributed by atoms with Crippen LogP contribution in [0, 0.1) is 6.92 Å². The van der Waals surface area contributed by atoms with E-state index >= 15 is 0 Å². The van der Waals surface area contributed by atoms with Gasteiger partial charge in [0.15, 0.2) is 11.5 Å². The molecule has 0 radical (unpaired) electrons. The summed E-state index contributed by atoms with van der Waals surface area (Å²) in [6.07, 6.45) is -5.15. The molecule has 2 aromatic carbocycles. The van der Waals surface area contributed by atoms with Gasteiger partial charge >= 0.3 is 5.97 Å². The summed E-state index contributed by atoms with van der Waals surface area (Å²) in [5.74, 6) is -0.841. The lowest BCUT2D eigenvalue weighted by Gasteiger charge is -2.42. The number of Topliss-reactive ketones (excluding diaryl/α,β-unsaturated/α-hetero) is 1. The molecule has 1 aromatic heterocycles. The summed E-state index contributed by atoms with van der Waals surface area (Å²) in [7, 11) is 1.36. The number of carbonyl (C=O) groups is 2. The first-order chi connectivity index (χ1) is 19.0. The summed E-state index contributed by atoms with van der Waals surface area (Å²) in [6, 6.07) is 8.79. The van der Waals surface area contributed by atoms with Gasteiger partial charge in [-0.2, -0.15) is 0 Å². The molecule has 4 rings (SSSR count). The molecule has 0 bridgehead atoms. The first kappa shape index (κ1) is 29.0. The van der Waals surface area contributed by atoms with Crippen LogP contribution in [0.1, 0.15) is 35.5 Å². The largest absolute Gasteiger partial charge is 0.508 e. The first-order valence-corrected chi connectivity index (χ1v) is 12.5. The van der Waals surface area contributed by atoms with Crippen molar-refractivity contribution in [3.05, 3.63) is 75.1 Å². The maximum Gasteiger partial charge on any atom is 0.331 e. The fourth-order valence-electron chi connectivity index (χ4n) is 4.71. The predicted octanol–water partition coefficient (Wildman–Crippen LogP) is 1.73. The summed E-state index contributed by atoms with van der Waals surface area (Å²) < 4.78 is 23.1. The van der Waals surface area contributed by atoms with Crippen LogP contribution < -0.4 is 10.2 Å². The second-order valence-corrected chi connectivity index (χ2v) is 9.55. The second-order valence-electron chi connectivity index (χ2n) is 9.55. The average Bonchev–Trinajstić information content (AvgIpc) is 2.90. The van der Waals surface area contributed by atoms with Gasteiger partial charge in [-0.3, -0.25) is 9.59 Å². The van der Waals surface area contributed by atoms with Gasteiger partial charge in [-0.25, -0.2) is 4.79 Å². The number of aliphatic hydroxyl groups is 3. The lowest BCUT2D eigenvalue weighted by atomic mass is 9.89. The molecule has 11 heteroatoms. The number of aromatic hydroxyl groups is 1. The fraction of sp³-hybridized carbons (Fsp3) is 0.345. The number of fused-ring (bicyclic) bond motifs is 1. The van der Waals surface area contributed by atoms with Gasteiger partial charge in [0.25, 0.3) is 0 Å². The molecule has 1 aliphatic rings. The molecule has 0 amide bonds. The molecule has 40 heavy (non-hydrogen) atoms. The Morgan fingerprint density at radius 3 is 2.42 bits per heavy atom. The molecule has 1 aliphatic heterocycles. The van der Waals surface area contributed by atoms with Crippen molar-refractivity contribution in [2.75, 3.05) is 13.7 Å². The van der Waals surface area contributed by atoms with Gasteiger partial charge in [-0.05, 0) is 49.2 Å². The highest BCUT2D eigenvalue weighted by molar-refractivity contribution is 5.88. The highest BCUT2D eigenvalue weighted by atomic mass is 16.6. The molecule has 0 saturated carbocycles. The quantitative estimate of drug-likeness (QED) is 0.236. The van der Waals surface area contributed by atoms with Crippen molar-refractivity contribution in [1.82, 2.24) is 0 Å². The number of hydrogen-bond acceptors (Lipinski definition) is 11. The molecular formula is C29H30O11. The zero-order valence-electron chi connectivity index (χ0n) is 22.1. The number of ether oxygens (including phenoxy) is 3. The Labute approximate surface area is 228 Å². The number of aryl methyl sites for hydroxylation is 1. The van der Waals surface area contributed by atoms with Crippen LogP contribution in [0.3, 0.4) is 0 Å². The van der Waals surface area contributed by atoms with Gasteiger partial charge in [0, 0.05) is 12.1 Å². The van der Waals surface area contributed by atoms with Crippen LogP contribution in [-0.2, 0) is 25.5 Å². The molecule has 5 unspecified atom stereocenters. The fourth-order valence-corrected chi connectivity index (χ4v) is 4.71. The predicted molar refractivity (Wildman–Crippen MR) is 142 cm³/mol. The molecule has 4 N–H and O–H groups in total. The van der Waals surface area contributed by atoms with Crippen LogP contribution in [0.25, 0.3) is 17.0 Å². The molecular weight excluding hydrogens is 524 g/mol. The third-order valence-corrected chi connectivity index (χ3v) is 6.60. The summed E-state index contributed by atoms with van der Waals surface area (Å²) in [4.78, 5) is 37.7. The van der Waals surface area contributed by atoms with Gasteiger partial charge in [-0.15, -0.1) is 0 Å². The number of aliphatic hydroxyl groups excluding tert-OH is 3. The second kappa shape index (κ2) is 12.0. The van der Waals surface area contributed by atoms with E-state index in [0.29, 0.717) is 11.1 Å². The molecule has 5 atom stereocenters. The molecule has 1 saturated heterocycles. The zero-order chi connectivity index (χ0) is 29.1. The third-order valence-electron chi connectivity index (χ3n) is 6.60. The van der Waals surface area contributed by atoms with Crippen molar-refractivity contribution in [2.45, 2.75) is 50.8 Å². The summed E-state index contributed by atoms with van der Waals surface area (Å²) in [5.41, 5.74) is 0.735. The molecule has 11 nitrogen and oxygen atoms in total. The number of esters is 1. The number of ketones is 1. The van der Waals surface area contributed by atoms with Crippen molar-refractivity contribution in [1.29, 1.82) is 0 Å². The summed E-state index contributed by atoms with van der Waals surface area (Å²) >= 11 is 0. The van der Waals surface area contributed by atoms with Crippen LogP contribution in [0.2, 0.25) is 0 Å². The minimum atomic E-state index is -1.71. The van der Waals surface area contributed by atoms with Gasteiger partial charge in [0.05, 0.1) is 31.1 Å². The normalized spacial score (nSPS) is 22.9. The van der Waals surface area contributed by atoms with Gasteiger partial charge in [0.2, 0.25) is 0 Å². The number of methoxy groups -OCH3 is 1. The van der Waals surface area contributed by atoms with Crippen molar-refractivity contribution < 1.29 is 48.6 Å². The smallest absolute Gasteiger partial charge is 0.331 e. The summed E-state index contributed by atoms with van der Waals surface area (Å²) in [6.45, 7) is 2.33. The van der Waals surface area contributed by atoms with Crippen molar-refractivity contribution in [3.8, 4) is 11.5 Å². The molecule has 1 fully saturated rings. The molecule has 3 aromatic rings. The van der Waals surface area contributed by atoms with Crippen LogP contribution in [0.4, 0.5) is 0 Å². The minimum Gasteiger partial charge on any atom is -0.508 e. The Hall–Kier alpha value is -4.03. The van der Waals surface area contributed by atoms with Gasteiger partial charge in [0.1, 0.15) is 53.0 Å². The van der Waals surface area contributed by atoms with Gasteiger partial charge < -0.3 is 39.1 Å². The number of carbonyl (C=O) groups excluding carboxylic acids is 2. The lowest BCUT2D eigenvalue weighted by Crippen LogP contribution is -2.56. The Kier molecular flexibility index (Phi) is 8.70. The topological polar surface area (TPSA) is 173 Å². The SMILES string of the molecule is COc1cc(C)c2c(=O)cc(CC(C)=O)oc2c1C1OC(CO)C(O)C(O)C1OC(=O)C=Cc1ccc(O)cc1. The third kappa shape index (κ3) is 5.92. The highest BCUT2D eigenvalue weighted by Gasteiger charge is 2.49. The van der Waals surface area contributed by atoms with E-state index in [4.69, 9.17) is 18.6 Å². The van der Waals surface area contributed by atoms with Gasteiger partial charge in [-0.1, -0.05) is 12.1 Å². The molecule has 0 spiro atoms. The van der Waals surface area contributed by atoms with E-state index in [9.17, 15) is 34.8 Å². The number of rotatable bonds is 8. The van der Waals surface area contributed by atoms with E-state index in [1.165, 1.54) is 38.3 Å². The first-order valence-electron chi connectivity index (χ1n) is 12.5. The van der Waals surface area contributed by atoms with Crippen LogP contribution in [0.15, 0.2) is 51.7 Å². The average molecular weight is 555 g/mol. The van der Waals surface area contributed by atoms with E-state index in [2.05, 4.69) is 0 Å². The minimum absolute atomic E-state index is 0.00781. The molecule has 0 aliphatic carbocycles. The maximum absolute atomic E-state index is 13.1. The Morgan fingerprint density at radius 1 is 1.10 bits per heavy atom. The Bertz CT molecular complexity index is 1490. The van der Waals surface area contributed by atoms with Crippen LogP contribution in [0.5, 0.6) is 11.5 Å². The maximum atomic E-state index is 13.1. The van der Waals surface area contributed by atoms with E-state index in [0.717, 1.165) is 6.08 Å². The summed E-state index contributed by atoms with van der Waals surface area (Å²) in [5, 5.41) is 41.0. The van der Waals surface area contributed by atoms with Crippen molar-refractivity contribution in [3.63, 3.8) is 0 Å². The zero-order valence-corrected chi connectivity index (χ0v) is 22.1. The van der Waals surface area contributed by atoms with E-state index in [-0.39, 0.29) is 46.0 Å². The number of phenols is 1. The van der Waals surface area contributed by atoms with E-state index in [1.54, 1.807) is 25.1 Å². The van der Waals surface area contributed by atoms with Crippen LogP contribution in [-0.4, -0.2) is 70.3 Å². The Morgan fingerprint density at radius 2 is 1.80 bits per heavy atom. The van der Waals surface area contributed by atoms with Crippen LogP contribution >= 0.6 is 0 Å². The standard InChI is InChI=1S/C29H30O11/c1-14-10-20(37-3)24(27-23(14)19(33)12-18(38-27)11-15(2)31)28-29(26(36)25(35)21(13-30)39-28)40-22(34)9-6-16-4-7-17(32)8-5-16/h4-10,12,21,25-26,28-30,32,35-36H,11,13H2,1-3H3. The molecule has 2 heterocycles. The molecule has 212 valence electrons. The van der Waals surface area contributed by atoms with E-state index in [1.807, 2.05) is 0 Å². The van der Waals surface area contributed by atoms with Crippen molar-refractivity contribution in [2.24, 2.45) is 0 Å².